The number of urea groups is 1. The van der Waals surface area contributed by atoms with Crippen molar-refractivity contribution in [2.24, 2.45) is 0 Å². The van der Waals surface area contributed by atoms with Gasteiger partial charge in [-0.3, -0.25) is 0 Å². The molecule has 0 aliphatic carbocycles. The molecule has 0 heterocycles. The lowest BCUT2D eigenvalue weighted by Gasteiger charge is -2.27. The summed E-state index contributed by atoms with van der Waals surface area (Å²) in [6.07, 6.45) is 0.662. The second-order valence-corrected chi connectivity index (χ2v) is 5.08. The van der Waals surface area contributed by atoms with Crippen LogP contribution in [-0.4, -0.2) is 23.3 Å². The van der Waals surface area contributed by atoms with Gasteiger partial charge in [-0.25, -0.2) is 4.79 Å². The highest BCUT2D eigenvalue weighted by Crippen LogP contribution is 2.16. The van der Waals surface area contributed by atoms with E-state index in [9.17, 15) is 9.90 Å². The van der Waals surface area contributed by atoms with E-state index in [4.69, 9.17) is 0 Å². The lowest BCUT2D eigenvalue weighted by Crippen LogP contribution is -2.50. The molecule has 0 saturated carbocycles. The van der Waals surface area contributed by atoms with E-state index in [0.717, 1.165) is 4.47 Å². The first-order valence-corrected chi connectivity index (χ1v) is 6.24. The number of rotatable bonds is 4. The molecule has 0 saturated heterocycles. The molecule has 0 fully saturated rings. The van der Waals surface area contributed by atoms with Gasteiger partial charge in [0.2, 0.25) is 0 Å². The Labute approximate surface area is 110 Å². The van der Waals surface area contributed by atoms with Crippen molar-refractivity contribution in [1.29, 1.82) is 0 Å². The van der Waals surface area contributed by atoms with Crippen LogP contribution in [0.15, 0.2) is 28.7 Å². The molecule has 0 bridgehead atoms. The van der Waals surface area contributed by atoms with Crippen molar-refractivity contribution in [3.8, 4) is 0 Å². The fourth-order valence-electron chi connectivity index (χ4n) is 1.24. The number of hydrogen-bond acceptors (Lipinski definition) is 2. The molecule has 1 unspecified atom stereocenters. The van der Waals surface area contributed by atoms with Gasteiger partial charge in [-0.1, -0.05) is 28.9 Å². The van der Waals surface area contributed by atoms with E-state index in [0.29, 0.717) is 12.1 Å². The van der Waals surface area contributed by atoms with E-state index in [-0.39, 0.29) is 12.6 Å². The highest BCUT2D eigenvalue weighted by molar-refractivity contribution is 9.10. The van der Waals surface area contributed by atoms with Gasteiger partial charge in [0.1, 0.15) is 0 Å². The number of halogens is 1. The summed E-state index contributed by atoms with van der Waals surface area (Å²) in [6, 6.07) is 7.01. The fraction of sp³-hybridized carbons (Fsp3) is 0.417. The Morgan fingerprint density at radius 3 is 2.76 bits per heavy atom. The number of amides is 2. The fourth-order valence-corrected chi connectivity index (χ4v) is 1.64. The van der Waals surface area contributed by atoms with Crippen LogP contribution < -0.4 is 10.6 Å². The van der Waals surface area contributed by atoms with Crippen LogP contribution in [0.25, 0.3) is 0 Å². The summed E-state index contributed by atoms with van der Waals surface area (Å²) in [4.78, 5) is 11.7. The van der Waals surface area contributed by atoms with Crippen LogP contribution >= 0.6 is 15.9 Å². The predicted molar refractivity (Wildman–Crippen MR) is 72.1 cm³/mol. The summed E-state index contributed by atoms with van der Waals surface area (Å²) in [6.45, 7) is 3.62. The lowest BCUT2D eigenvalue weighted by molar-refractivity contribution is 0.172. The Morgan fingerprint density at radius 2 is 2.24 bits per heavy atom. The van der Waals surface area contributed by atoms with Crippen molar-refractivity contribution >= 4 is 27.6 Å². The molecule has 0 aromatic heterocycles. The van der Waals surface area contributed by atoms with Crippen LogP contribution in [0.3, 0.4) is 0 Å². The number of aliphatic hydroxyl groups is 1. The van der Waals surface area contributed by atoms with Crippen LogP contribution in [0.1, 0.15) is 20.3 Å². The third kappa shape index (κ3) is 4.36. The molecular formula is C12H17BrN2O2. The molecule has 0 radical (unpaired) electrons. The molecule has 1 rings (SSSR count). The van der Waals surface area contributed by atoms with Gasteiger partial charge >= 0.3 is 6.03 Å². The highest BCUT2D eigenvalue weighted by atomic mass is 79.9. The van der Waals surface area contributed by atoms with Gasteiger partial charge in [0.15, 0.2) is 0 Å². The average molecular weight is 301 g/mol. The van der Waals surface area contributed by atoms with Gasteiger partial charge < -0.3 is 15.7 Å². The zero-order valence-electron chi connectivity index (χ0n) is 9.96. The van der Waals surface area contributed by atoms with Crippen molar-refractivity contribution in [1.82, 2.24) is 5.32 Å². The Hall–Kier alpha value is -1.07. The Morgan fingerprint density at radius 1 is 1.53 bits per heavy atom. The average Bonchev–Trinajstić information content (AvgIpc) is 2.28. The van der Waals surface area contributed by atoms with Gasteiger partial charge in [-0.15, -0.1) is 0 Å². The zero-order chi connectivity index (χ0) is 12.9. The van der Waals surface area contributed by atoms with Gasteiger partial charge in [0.25, 0.3) is 0 Å². The number of benzene rings is 1. The molecule has 17 heavy (non-hydrogen) atoms. The normalized spacial score (nSPS) is 13.9. The minimum absolute atomic E-state index is 0.0879. The second kappa shape index (κ2) is 6.02. The summed E-state index contributed by atoms with van der Waals surface area (Å²) < 4.78 is 0.899. The Bertz CT molecular complexity index is 392. The van der Waals surface area contributed by atoms with Crippen LogP contribution in [0.5, 0.6) is 0 Å². The molecule has 0 spiro atoms. The first-order chi connectivity index (χ1) is 7.99. The van der Waals surface area contributed by atoms with Gasteiger partial charge in [-0.2, -0.15) is 0 Å². The maximum atomic E-state index is 11.7. The van der Waals surface area contributed by atoms with E-state index in [1.165, 1.54) is 0 Å². The predicted octanol–water partition coefficient (Wildman–Crippen LogP) is 2.73. The first kappa shape index (κ1) is 14.0. The summed E-state index contributed by atoms with van der Waals surface area (Å²) in [7, 11) is 0. The molecule has 1 atom stereocenters. The van der Waals surface area contributed by atoms with Crippen LogP contribution in [0.2, 0.25) is 0 Å². The maximum absolute atomic E-state index is 11.7. The van der Waals surface area contributed by atoms with E-state index in [1.54, 1.807) is 13.0 Å². The van der Waals surface area contributed by atoms with Crippen molar-refractivity contribution < 1.29 is 9.90 Å². The quantitative estimate of drug-likeness (QED) is 0.801. The standard InChI is InChI=1S/C12H17BrN2O2/c1-3-12(2,8-16)15-11(17)14-10-6-4-5-9(13)7-10/h4-7,16H,3,8H2,1-2H3,(H2,14,15,17). The molecule has 3 N–H and O–H groups in total. The Balaban J connectivity index is 2.61. The topological polar surface area (TPSA) is 61.4 Å². The number of hydrogen-bond donors (Lipinski definition) is 3. The Kier molecular flexibility index (Phi) is 4.96. The molecule has 0 aliphatic heterocycles. The van der Waals surface area contributed by atoms with Crippen LogP contribution in [-0.2, 0) is 0 Å². The number of nitrogens with one attached hydrogen (secondary N) is 2. The lowest BCUT2D eigenvalue weighted by atomic mass is 10.0. The van der Waals surface area contributed by atoms with Crippen molar-refractivity contribution in [3.05, 3.63) is 28.7 Å². The monoisotopic (exact) mass is 300 g/mol. The minimum Gasteiger partial charge on any atom is -0.394 e. The van der Waals surface area contributed by atoms with Gasteiger partial charge in [-0.05, 0) is 31.5 Å². The molecular weight excluding hydrogens is 284 g/mol. The third-order valence-electron chi connectivity index (χ3n) is 2.63. The molecule has 2 amide bonds. The van der Waals surface area contributed by atoms with E-state index < -0.39 is 5.54 Å². The van der Waals surface area contributed by atoms with Crippen molar-refractivity contribution in [2.45, 2.75) is 25.8 Å². The molecule has 1 aromatic carbocycles. The van der Waals surface area contributed by atoms with E-state index >= 15 is 0 Å². The maximum Gasteiger partial charge on any atom is 0.319 e. The van der Waals surface area contributed by atoms with Crippen molar-refractivity contribution in [2.75, 3.05) is 11.9 Å². The van der Waals surface area contributed by atoms with Gasteiger partial charge in [0, 0.05) is 10.2 Å². The highest BCUT2D eigenvalue weighted by Gasteiger charge is 2.22. The van der Waals surface area contributed by atoms with Crippen LogP contribution in [0.4, 0.5) is 10.5 Å². The van der Waals surface area contributed by atoms with Crippen LogP contribution in [0, 0.1) is 0 Å². The molecule has 5 heteroatoms. The molecule has 0 aliphatic rings. The number of anilines is 1. The van der Waals surface area contributed by atoms with E-state index in [1.807, 2.05) is 25.1 Å². The third-order valence-corrected chi connectivity index (χ3v) is 3.12. The number of aliphatic hydroxyl groups excluding tert-OH is 1. The molecule has 94 valence electrons. The summed E-state index contributed by atoms with van der Waals surface area (Å²) in [5, 5.41) is 14.7. The summed E-state index contributed by atoms with van der Waals surface area (Å²) in [5.74, 6) is 0. The van der Waals surface area contributed by atoms with Gasteiger partial charge in [0.05, 0.1) is 12.1 Å². The molecule has 1 aromatic rings. The minimum atomic E-state index is -0.587. The van der Waals surface area contributed by atoms with E-state index in [2.05, 4.69) is 26.6 Å². The van der Waals surface area contributed by atoms with Crippen molar-refractivity contribution in [3.63, 3.8) is 0 Å². The number of carbonyl (C=O) groups is 1. The smallest absolute Gasteiger partial charge is 0.319 e. The first-order valence-electron chi connectivity index (χ1n) is 5.44. The SMILES string of the molecule is CCC(C)(CO)NC(=O)Nc1cccc(Br)c1. The second-order valence-electron chi connectivity index (χ2n) is 4.16. The largest absolute Gasteiger partial charge is 0.394 e. The zero-order valence-corrected chi connectivity index (χ0v) is 11.5. The number of carbonyl (C=O) groups excluding carboxylic acids is 1. The summed E-state index contributed by atoms with van der Waals surface area (Å²) >= 11 is 3.33. The molecule has 4 nitrogen and oxygen atoms in total. The summed E-state index contributed by atoms with van der Waals surface area (Å²) in [5.41, 5.74) is 0.115.